The molecular formula is C18H13F6FeP-6. The van der Waals surface area contributed by atoms with E-state index in [1.54, 1.807) is 24.3 Å². The summed E-state index contributed by atoms with van der Waals surface area (Å²) in [6.07, 6.45) is -10.1. The Hall–Kier alpha value is -1.55. The molecule has 26 heavy (non-hydrogen) atoms. The summed E-state index contributed by atoms with van der Waals surface area (Å²) in [5.74, 6) is 0. The first-order valence-corrected chi connectivity index (χ1v) is 8.12. The molecule has 3 aromatic carbocycles. The molecule has 0 aliphatic heterocycles. The molecule has 1 atom stereocenters. The molecule has 0 radical (unpaired) electrons. The molecule has 0 heterocycles. The molecule has 0 amide bonds. The molecule has 0 bridgehead atoms. The third kappa shape index (κ3) is 6.31. The van der Waals surface area contributed by atoms with E-state index in [2.05, 4.69) is 0 Å². The van der Waals surface area contributed by atoms with E-state index in [0.29, 0.717) is 11.4 Å². The van der Waals surface area contributed by atoms with E-state index < -0.39 is 32.1 Å². The van der Waals surface area contributed by atoms with Crippen LogP contribution in [0.3, 0.4) is 0 Å². The van der Waals surface area contributed by atoms with Gasteiger partial charge in [-0.05, 0) is 11.4 Å². The van der Waals surface area contributed by atoms with Crippen LogP contribution in [0.1, 0.15) is 11.1 Å². The maximum atomic E-state index is 13.0. The molecule has 0 spiro atoms. The van der Waals surface area contributed by atoms with Gasteiger partial charge in [-0.15, -0.1) is 13.9 Å². The Morgan fingerprint density at radius 2 is 1.23 bits per heavy atom. The molecule has 0 aromatic heterocycles. The average molecular weight is 430 g/mol. The summed E-state index contributed by atoms with van der Waals surface area (Å²) in [5.41, 5.74) is -3.23. The van der Waals surface area contributed by atoms with E-state index in [-0.39, 0.29) is 22.4 Å². The molecule has 0 fully saturated rings. The fourth-order valence-electron chi connectivity index (χ4n) is 2.13. The SMILES string of the molecule is FC(F)(F)c1cccc(P[c-]2cccc2)c1C(F)(F)F.[Fe].[cH-]1[cH-][cH-][cH-][cH-]1. The Morgan fingerprint density at radius 1 is 0.731 bits per heavy atom. The van der Waals surface area contributed by atoms with Crippen molar-refractivity contribution in [2.45, 2.75) is 12.4 Å². The van der Waals surface area contributed by atoms with Crippen LogP contribution in [0.5, 0.6) is 0 Å². The van der Waals surface area contributed by atoms with E-state index in [9.17, 15) is 26.3 Å². The molecule has 3 rings (SSSR count). The Morgan fingerprint density at radius 3 is 1.65 bits per heavy atom. The summed E-state index contributed by atoms with van der Waals surface area (Å²) >= 11 is 0. The first kappa shape index (κ1) is 22.5. The van der Waals surface area contributed by atoms with E-state index in [0.717, 1.165) is 12.1 Å². The van der Waals surface area contributed by atoms with Crippen molar-refractivity contribution in [1.82, 2.24) is 0 Å². The van der Waals surface area contributed by atoms with Crippen molar-refractivity contribution in [3.05, 3.63) is 83.9 Å². The molecule has 146 valence electrons. The predicted octanol–water partition coefficient (Wildman–Crippen LogP) is 5.48. The second-order valence-electron chi connectivity index (χ2n) is 4.98. The van der Waals surface area contributed by atoms with Crippen molar-refractivity contribution in [1.29, 1.82) is 0 Å². The molecule has 0 saturated carbocycles. The van der Waals surface area contributed by atoms with Crippen molar-refractivity contribution < 1.29 is 43.4 Å². The van der Waals surface area contributed by atoms with Gasteiger partial charge in [0.05, 0.1) is 11.1 Å². The van der Waals surface area contributed by atoms with Gasteiger partial charge in [0.1, 0.15) is 0 Å². The molecule has 0 aliphatic rings. The van der Waals surface area contributed by atoms with Gasteiger partial charge in [0.25, 0.3) is 0 Å². The summed E-state index contributed by atoms with van der Waals surface area (Å²) in [7, 11) is -0.471. The summed E-state index contributed by atoms with van der Waals surface area (Å²) in [6.45, 7) is 0. The molecule has 3 aromatic rings. The number of hydrogen-bond acceptors (Lipinski definition) is 0. The van der Waals surface area contributed by atoms with Gasteiger partial charge in [0, 0.05) is 17.1 Å². The molecule has 0 aliphatic carbocycles. The monoisotopic (exact) mass is 430 g/mol. The molecular weight excluding hydrogens is 417 g/mol. The third-order valence-corrected chi connectivity index (χ3v) is 4.46. The predicted molar refractivity (Wildman–Crippen MR) is 88.1 cm³/mol. The van der Waals surface area contributed by atoms with Crippen molar-refractivity contribution in [3.63, 3.8) is 0 Å². The molecule has 0 N–H and O–H groups in total. The molecule has 8 heteroatoms. The van der Waals surface area contributed by atoms with Crippen LogP contribution in [0.2, 0.25) is 0 Å². The van der Waals surface area contributed by atoms with Crippen LogP contribution in [-0.2, 0) is 29.4 Å². The molecule has 0 nitrogen and oxygen atoms in total. The Kier molecular flexibility index (Phi) is 8.13. The van der Waals surface area contributed by atoms with Gasteiger partial charge in [-0.3, -0.25) is 0 Å². The Labute approximate surface area is 159 Å². The van der Waals surface area contributed by atoms with Gasteiger partial charge in [-0.1, -0.05) is 12.1 Å². The first-order chi connectivity index (χ1) is 11.7. The van der Waals surface area contributed by atoms with Gasteiger partial charge in [-0.2, -0.15) is 38.5 Å². The number of hydrogen-bond donors (Lipinski definition) is 0. The summed E-state index contributed by atoms with van der Waals surface area (Å²) in [5, 5.41) is 0.216. The number of benzene rings is 1. The molecule has 0 saturated heterocycles. The number of rotatable bonds is 2. The normalized spacial score (nSPS) is 11.8. The topological polar surface area (TPSA) is 0 Å². The summed E-state index contributed by atoms with van der Waals surface area (Å²) in [6, 6.07) is 19.0. The number of alkyl halides is 6. The number of halogens is 6. The zero-order valence-electron chi connectivity index (χ0n) is 13.0. The largest absolute Gasteiger partial charge is 0.748 e. The van der Waals surface area contributed by atoms with Crippen molar-refractivity contribution >= 4 is 19.2 Å². The zero-order valence-corrected chi connectivity index (χ0v) is 15.2. The van der Waals surface area contributed by atoms with Crippen LogP contribution in [0.4, 0.5) is 26.3 Å². The van der Waals surface area contributed by atoms with Crippen LogP contribution in [-0.4, -0.2) is 0 Å². The van der Waals surface area contributed by atoms with Crippen LogP contribution >= 0.6 is 8.58 Å². The second-order valence-corrected chi connectivity index (χ2v) is 6.35. The summed E-state index contributed by atoms with van der Waals surface area (Å²) in [4.78, 5) is 0. The minimum Gasteiger partial charge on any atom is -0.748 e. The maximum Gasteiger partial charge on any atom is 0.417 e. The standard InChI is InChI=1S/C13H8F6P.C5H5.Fe/c14-12(15,16)9-6-3-7-10(11(9)13(17,18)19)20-8-4-1-2-5-8;1-2-4-5-3-1;/h1-7,20H;1-5H;/q-1;-5;. The van der Waals surface area contributed by atoms with Gasteiger partial charge < -0.3 is 30.3 Å². The van der Waals surface area contributed by atoms with Crippen LogP contribution < -0.4 is 10.6 Å². The van der Waals surface area contributed by atoms with Gasteiger partial charge >= 0.3 is 12.4 Å². The van der Waals surface area contributed by atoms with Crippen LogP contribution in [0.25, 0.3) is 0 Å². The van der Waals surface area contributed by atoms with Crippen LogP contribution in [0.15, 0.2) is 72.8 Å². The zero-order chi connectivity index (χ0) is 18.5. The van der Waals surface area contributed by atoms with Crippen molar-refractivity contribution in [2.24, 2.45) is 0 Å². The smallest absolute Gasteiger partial charge is 0.417 e. The second kappa shape index (κ2) is 9.40. The van der Waals surface area contributed by atoms with Gasteiger partial charge in [0.2, 0.25) is 0 Å². The van der Waals surface area contributed by atoms with E-state index >= 15 is 0 Å². The minimum absolute atomic E-state index is 0. The van der Waals surface area contributed by atoms with Crippen LogP contribution in [0, 0.1) is 0 Å². The maximum absolute atomic E-state index is 13.0. The van der Waals surface area contributed by atoms with E-state index in [1.807, 2.05) is 30.3 Å². The first-order valence-electron chi connectivity index (χ1n) is 7.12. The quantitative estimate of drug-likeness (QED) is 0.219. The van der Waals surface area contributed by atoms with Gasteiger partial charge in [0.15, 0.2) is 0 Å². The Balaban J connectivity index is 0.000000486. The fraction of sp³-hybridized carbons (Fsp3) is 0.111. The molecule has 1 unspecified atom stereocenters. The van der Waals surface area contributed by atoms with Gasteiger partial charge in [-0.25, -0.2) is 12.1 Å². The fourth-order valence-corrected chi connectivity index (χ4v) is 3.38. The summed E-state index contributed by atoms with van der Waals surface area (Å²) < 4.78 is 77.1. The average Bonchev–Trinajstić information content (AvgIpc) is 3.21. The Bertz CT molecular complexity index is 741. The minimum atomic E-state index is -5.04. The van der Waals surface area contributed by atoms with Crippen molar-refractivity contribution in [3.8, 4) is 0 Å². The van der Waals surface area contributed by atoms with E-state index in [4.69, 9.17) is 0 Å². The third-order valence-electron chi connectivity index (χ3n) is 3.15. The van der Waals surface area contributed by atoms with E-state index in [1.165, 1.54) is 0 Å². The van der Waals surface area contributed by atoms with Crippen molar-refractivity contribution in [2.75, 3.05) is 0 Å².